The highest BCUT2D eigenvalue weighted by Crippen LogP contribution is 2.17. The van der Waals surface area contributed by atoms with Gasteiger partial charge >= 0.3 is 0 Å². The van der Waals surface area contributed by atoms with Gasteiger partial charge in [-0.25, -0.2) is 8.42 Å². The summed E-state index contributed by atoms with van der Waals surface area (Å²) in [4.78, 5) is 11.8. The zero-order valence-corrected chi connectivity index (χ0v) is 13.4. The van der Waals surface area contributed by atoms with Gasteiger partial charge in [0.05, 0.1) is 11.5 Å². The van der Waals surface area contributed by atoms with Gasteiger partial charge in [-0.1, -0.05) is 23.8 Å². The Hall–Kier alpha value is -2.38. The van der Waals surface area contributed by atoms with Crippen molar-refractivity contribution in [3.63, 3.8) is 0 Å². The highest BCUT2D eigenvalue weighted by Gasteiger charge is 2.16. The Labute approximate surface area is 135 Å². The molecular formula is C16H18N2O4S. The molecule has 0 fully saturated rings. The van der Waals surface area contributed by atoms with Crippen LogP contribution in [0.3, 0.4) is 0 Å². The number of anilines is 1. The molecule has 0 saturated carbocycles. The smallest absolute Gasteiger partial charge is 0.261 e. The van der Waals surface area contributed by atoms with E-state index in [1.54, 1.807) is 24.3 Å². The third kappa shape index (κ3) is 4.54. The third-order valence-corrected chi connectivity index (χ3v) is 4.49. The molecule has 0 aliphatic heterocycles. The molecule has 2 aromatic carbocycles. The summed E-state index contributed by atoms with van der Waals surface area (Å²) in [6, 6.07) is 12.7. The molecule has 0 heterocycles. The molecule has 0 radical (unpaired) electrons. The largest absolute Gasteiger partial charge is 0.395 e. The maximum Gasteiger partial charge on any atom is 0.261 e. The molecule has 6 nitrogen and oxygen atoms in total. The first-order valence-corrected chi connectivity index (χ1v) is 8.49. The Kier molecular flexibility index (Phi) is 5.36. The number of sulfonamides is 1. The van der Waals surface area contributed by atoms with Crippen LogP contribution in [0.25, 0.3) is 0 Å². The lowest BCUT2D eigenvalue weighted by Gasteiger charge is -2.10. The van der Waals surface area contributed by atoms with Crippen molar-refractivity contribution in [2.75, 3.05) is 17.9 Å². The van der Waals surface area contributed by atoms with E-state index in [4.69, 9.17) is 5.11 Å². The van der Waals surface area contributed by atoms with E-state index < -0.39 is 15.9 Å². The average Bonchev–Trinajstić information content (AvgIpc) is 2.54. The molecule has 7 heteroatoms. The lowest BCUT2D eigenvalue weighted by molar-refractivity contribution is 0.0944. The molecule has 0 atom stereocenters. The highest BCUT2D eigenvalue weighted by atomic mass is 32.2. The van der Waals surface area contributed by atoms with E-state index in [0.29, 0.717) is 5.69 Å². The Morgan fingerprint density at radius 3 is 2.48 bits per heavy atom. The van der Waals surface area contributed by atoms with E-state index in [2.05, 4.69) is 10.0 Å². The lowest BCUT2D eigenvalue weighted by Crippen LogP contribution is -2.26. The summed E-state index contributed by atoms with van der Waals surface area (Å²) in [6.07, 6.45) is 0. The first-order chi connectivity index (χ1) is 10.9. The van der Waals surface area contributed by atoms with Gasteiger partial charge in [-0.2, -0.15) is 0 Å². The summed E-state index contributed by atoms with van der Waals surface area (Å²) in [5, 5.41) is 11.2. The predicted octanol–water partition coefficient (Wildman–Crippen LogP) is 1.52. The quantitative estimate of drug-likeness (QED) is 0.746. The number of aliphatic hydroxyl groups is 1. The van der Waals surface area contributed by atoms with E-state index in [9.17, 15) is 13.2 Å². The topological polar surface area (TPSA) is 95.5 Å². The van der Waals surface area contributed by atoms with Crippen LogP contribution in [-0.4, -0.2) is 32.6 Å². The molecule has 0 aliphatic carbocycles. The van der Waals surface area contributed by atoms with E-state index in [-0.39, 0.29) is 23.6 Å². The standard InChI is InChI=1S/C16H18N2O4S/c1-12-5-7-14(8-6-12)18-23(21,22)15-4-2-3-13(11-15)16(20)17-9-10-19/h2-8,11,18-19H,9-10H2,1H3,(H,17,20). The van der Waals surface area contributed by atoms with Gasteiger partial charge in [-0.3, -0.25) is 9.52 Å². The van der Waals surface area contributed by atoms with Crippen molar-refractivity contribution in [2.24, 2.45) is 0 Å². The summed E-state index contributed by atoms with van der Waals surface area (Å²) >= 11 is 0. The number of rotatable bonds is 6. The highest BCUT2D eigenvalue weighted by molar-refractivity contribution is 7.92. The summed E-state index contributed by atoms with van der Waals surface area (Å²) in [5.41, 5.74) is 1.69. The SMILES string of the molecule is Cc1ccc(NS(=O)(=O)c2cccc(C(=O)NCCO)c2)cc1. The minimum atomic E-state index is -3.78. The monoisotopic (exact) mass is 334 g/mol. The molecule has 0 bridgehead atoms. The second-order valence-corrected chi connectivity index (χ2v) is 6.66. The maximum absolute atomic E-state index is 12.4. The van der Waals surface area contributed by atoms with E-state index in [1.165, 1.54) is 24.3 Å². The average molecular weight is 334 g/mol. The van der Waals surface area contributed by atoms with Crippen LogP contribution in [0.1, 0.15) is 15.9 Å². The number of aryl methyl sites for hydroxylation is 1. The van der Waals surface area contributed by atoms with Crippen molar-refractivity contribution < 1.29 is 18.3 Å². The van der Waals surface area contributed by atoms with Crippen LogP contribution < -0.4 is 10.0 Å². The number of nitrogens with one attached hydrogen (secondary N) is 2. The van der Waals surface area contributed by atoms with Gasteiger partial charge in [0.2, 0.25) is 0 Å². The second kappa shape index (κ2) is 7.26. The van der Waals surface area contributed by atoms with E-state index in [1.807, 2.05) is 6.92 Å². The van der Waals surface area contributed by atoms with Gasteiger partial charge in [0.15, 0.2) is 0 Å². The normalized spacial score (nSPS) is 11.0. The van der Waals surface area contributed by atoms with Crippen molar-refractivity contribution in [1.29, 1.82) is 0 Å². The molecule has 122 valence electrons. The Morgan fingerprint density at radius 1 is 1.13 bits per heavy atom. The van der Waals surface area contributed by atoms with Gasteiger partial charge in [0.25, 0.3) is 15.9 Å². The fourth-order valence-corrected chi connectivity index (χ4v) is 3.02. The van der Waals surface area contributed by atoms with Gasteiger partial charge in [-0.05, 0) is 37.3 Å². The van der Waals surface area contributed by atoms with E-state index in [0.717, 1.165) is 5.56 Å². The minimum Gasteiger partial charge on any atom is -0.395 e. The summed E-state index contributed by atoms with van der Waals surface area (Å²) < 4.78 is 27.3. The Bertz CT molecular complexity index is 786. The van der Waals surface area contributed by atoms with Crippen LogP contribution in [-0.2, 0) is 10.0 Å². The molecule has 0 unspecified atom stereocenters. The molecule has 2 aromatic rings. The number of carbonyl (C=O) groups is 1. The molecule has 0 spiro atoms. The Morgan fingerprint density at radius 2 is 1.83 bits per heavy atom. The number of amides is 1. The second-order valence-electron chi connectivity index (χ2n) is 4.98. The first-order valence-electron chi connectivity index (χ1n) is 7.01. The van der Waals surface area contributed by atoms with Crippen molar-refractivity contribution in [1.82, 2.24) is 5.32 Å². The summed E-state index contributed by atoms with van der Waals surface area (Å²) in [7, 11) is -3.78. The number of aliphatic hydroxyl groups excluding tert-OH is 1. The van der Waals surface area contributed by atoms with Crippen LogP contribution in [0.15, 0.2) is 53.4 Å². The molecule has 1 amide bonds. The molecule has 0 aliphatic rings. The van der Waals surface area contributed by atoms with E-state index >= 15 is 0 Å². The van der Waals surface area contributed by atoms with Crippen molar-refractivity contribution in [2.45, 2.75) is 11.8 Å². The van der Waals surface area contributed by atoms with Crippen LogP contribution in [0.4, 0.5) is 5.69 Å². The number of hydrogen-bond donors (Lipinski definition) is 3. The molecule has 2 rings (SSSR count). The minimum absolute atomic E-state index is 0.00489. The van der Waals surface area contributed by atoms with Crippen molar-refractivity contribution >= 4 is 21.6 Å². The summed E-state index contributed by atoms with van der Waals surface area (Å²) in [6.45, 7) is 1.84. The molecule has 23 heavy (non-hydrogen) atoms. The van der Waals surface area contributed by atoms with Crippen LogP contribution >= 0.6 is 0 Å². The van der Waals surface area contributed by atoms with Crippen LogP contribution in [0.2, 0.25) is 0 Å². The van der Waals surface area contributed by atoms with Gasteiger partial charge < -0.3 is 10.4 Å². The number of hydrogen-bond acceptors (Lipinski definition) is 4. The maximum atomic E-state index is 12.4. The van der Waals surface area contributed by atoms with Gasteiger partial charge in [0.1, 0.15) is 0 Å². The van der Waals surface area contributed by atoms with Crippen molar-refractivity contribution in [3.05, 3.63) is 59.7 Å². The number of carbonyl (C=O) groups excluding carboxylic acids is 1. The van der Waals surface area contributed by atoms with Crippen LogP contribution in [0, 0.1) is 6.92 Å². The molecule has 0 aromatic heterocycles. The fraction of sp³-hybridized carbons (Fsp3) is 0.188. The lowest BCUT2D eigenvalue weighted by atomic mass is 10.2. The molecule has 0 saturated heterocycles. The number of benzene rings is 2. The van der Waals surface area contributed by atoms with Crippen molar-refractivity contribution in [3.8, 4) is 0 Å². The zero-order valence-electron chi connectivity index (χ0n) is 12.6. The molecular weight excluding hydrogens is 316 g/mol. The predicted molar refractivity (Wildman–Crippen MR) is 87.8 cm³/mol. The molecule has 3 N–H and O–H groups in total. The zero-order chi connectivity index (χ0) is 16.9. The first kappa shape index (κ1) is 17.0. The third-order valence-electron chi connectivity index (χ3n) is 3.11. The van der Waals surface area contributed by atoms with Crippen LogP contribution in [0.5, 0.6) is 0 Å². The Balaban J connectivity index is 2.22. The fourth-order valence-electron chi connectivity index (χ4n) is 1.91. The van der Waals surface area contributed by atoms with Gasteiger partial charge in [0, 0.05) is 17.8 Å². The van der Waals surface area contributed by atoms with Gasteiger partial charge in [-0.15, -0.1) is 0 Å². The summed E-state index contributed by atoms with van der Waals surface area (Å²) in [5.74, 6) is -0.438.